The molecule has 7 nitrogen and oxygen atoms in total. The average molecular weight is 480 g/mol. The number of guanidine groups is 1. The van der Waals surface area contributed by atoms with Gasteiger partial charge in [-0.25, -0.2) is 0 Å². The number of nitrogens with one attached hydrogen (secondary N) is 2. The minimum Gasteiger partial charge on any atom is -0.489 e. The van der Waals surface area contributed by atoms with Crippen molar-refractivity contribution in [1.29, 1.82) is 0 Å². The van der Waals surface area contributed by atoms with Crippen LogP contribution in [0.4, 0.5) is 0 Å². The van der Waals surface area contributed by atoms with Gasteiger partial charge in [-0.15, -0.1) is 34.2 Å². The third-order valence-corrected chi connectivity index (χ3v) is 3.94. The largest absolute Gasteiger partial charge is 0.489 e. The zero-order valence-corrected chi connectivity index (χ0v) is 18.0. The number of aliphatic imine (C=N–C) groups is 1. The molecular formula is C19H25IN6O. The summed E-state index contributed by atoms with van der Waals surface area (Å²) in [6.45, 7) is 5.24. The van der Waals surface area contributed by atoms with E-state index >= 15 is 0 Å². The van der Waals surface area contributed by atoms with E-state index in [2.05, 4.69) is 32.7 Å². The molecule has 0 radical (unpaired) electrons. The second kappa shape index (κ2) is 10.1. The van der Waals surface area contributed by atoms with Crippen LogP contribution < -0.4 is 15.4 Å². The maximum absolute atomic E-state index is 5.90. The standard InChI is InChI=1S/C19H24N6O.HI/c1-14-7-9-16(10-8-14)26-15(2)12-21-19(20-3)22-13-18-24-23-17-6-4-5-11-25(17)18;/h4-11,15H,12-13H2,1-3H3,(H2,20,21,22);1H. The third kappa shape index (κ3) is 5.81. The van der Waals surface area contributed by atoms with Gasteiger partial charge in [-0.2, -0.15) is 0 Å². The maximum Gasteiger partial charge on any atom is 0.191 e. The molecule has 0 fully saturated rings. The first-order valence-corrected chi connectivity index (χ1v) is 8.62. The van der Waals surface area contributed by atoms with Gasteiger partial charge in [0.2, 0.25) is 0 Å². The minimum absolute atomic E-state index is 0. The Morgan fingerprint density at radius 2 is 1.93 bits per heavy atom. The van der Waals surface area contributed by atoms with Crippen LogP contribution in [0, 0.1) is 6.92 Å². The van der Waals surface area contributed by atoms with Crippen LogP contribution in [0.15, 0.2) is 53.7 Å². The van der Waals surface area contributed by atoms with E-state index in [1.165, 1.54) is 5.56 Å². The van der Waals surface area contributed by atoms with E-state index in [0.717, 1.165) is 17.2 Å². The van der Waals surface area contributed by atoms with Gasteiger partial charge < -0.3 is 15.4 Å². The molecule has 0 saturated heterocycles. The first-order chi connectivity index (χ1) is 12.7. The van der Waals surface area contributed by atoms with Gasteiger partial charge in [-0.3, -0.25) is 9.39 Å². The Morgan fingerprint density at radius 1 is 1.15 bits per heavy atom. The van der Waals surface area contributed by atoms with E-state index in [1.54, 1.807) is 7.05 Å². The predicted octanol–water partition coefficient (Wildman–Crippen LogP) is 2.79. The quantitative estimate of drug-likeness (QED) is 0.323. The number of benzene rings is 1. The molecule has 0 spiro atoms. The number of aromatic nitrogens is 3. The second-order valence-electron chi connectivity index (χ2n) is 6.09. The molecule has 8 heteroatoms. The van der Waals surface area contributed by atoms with E-state index in [4.69, 9.17) is 4.74 Å². The van der Waals surface area contributed by atoms with Gasteiger partial charge >= 0.3 is 0 Å². The Morgan fingerprint density at radius 3 is 2.67 bits per heavy atom. The zero-order chi connectivity index (χ0) is 18.4. The molecule has 3 aromatic rings. The van der Waals surface area contributed by atoms with Gasteiger partial charge in [0, 0.05) is 13.2 Å². The molecule has 27 heavy (non-hydrogen) atoms. The highest BCUT2D eigenvalue weighted by Gasteiger charge is 2.08. The van der Waals surface area contributed by atoms with E-state index in [1.807, 2.05) is 60.0 Å². The Kier molecular flexibility index (Phi) is 7.83. The minimum atomic E-state index is 0. The van der Waals surface area contributed by atoms with Crippen molar-refractivity contribution in [2.45, 2.75) is 26.5 Å². The van der Waals surface area contributed by atoms with Gasteiger partial charge in [0.05, 0.1) is 13.1 Å². The van der Waals surface area contributed by atoms with E-state index in [-0.39, 0.29) is 30.1 Å². The first-order valence-electron chi connectivity index (χ1n) is 8.62. The number of pyridine rings is 1. The summed E-state index contributed by atoms with van der Waals surface area (Å²) < 4.78 is 7.85. The predicted molar refractivity (Wildman–Crippen MR) is 118 cm³/mol. The lowest BCUT2D eigenvalue weighted by molar-refractivity contribution is 0.224. The van der Waals surface area contributed by atoms with Crippen LogP contribution >= 0.6 is 24.0 Å². The molecule has 2 N–H and O–H groups in total. The smallest absolute Gasteiger partial charge is 0.191 e. The fourth-order valence-electron chi connectivity index (χ4n) is 2.53. The van der Waals surface area contributed by atoms with E-state index in [9.17, 15) is 0 Å². The molecule has 0 aliphatic rings. The second-order valence-corrected chi connectivity index (χ2v) is 6.09. The van der Waals surface area contributed by atoms with Crippen molar-refractivity contribution < 1.29 is 4.74 Å². The Labute approximate surface area is 176 Å². The fraction of sp³-hybridized carbons (Fsp3) is 0.316. The molecule has 1 unspecified atom stereocenters. The number of fused-ring (bicyclic) bond motifs is 1. The lowest BCUT2D eigenvalue weighted by atomic mass is 10.2. The summed E-state index contributed by atoms with van der Waals surface area (Å²) in [4.78, 5) is 4.24. The van der Waals surface area contributed by atoms with Crippen molar-refractivity contribution in [3.8, 4) is 5.75 Å². The summed E-state index contributed by atoms with van der Waals surface area (Å²) in [6.07, 6.45) is 1.95. The first kappa shape index (κ1) is 20.9. The van der Waals surface area contributed by atoms with Gasteiger partial charge in [-0.1, -0.05) is 23.8 Å². The monoisotopic (exact) mass is 480 g/mol. The number of ether oxygens (including phenoxy) is 1. The van der Waals surface area contributed by atoms with Crippen LogP contribution in [-0.2, 0) is 6.54 Å². The van der Waals surface area contributed by atoms with Crippen molar-refractivity contribution in [3.63, 3.8) is 0 Å². The van der Waals surface area contributed by atoms with Gasteiger partial charge in [0.25, 0.3) is 0 Å². The normalized spacial score (nSPS) is 12.3. The molecule has 0 bridgehead atoms. The molecule has 2 heterocycles. The molecule has 0 amide bonds. The molecule has 0 saturated carbocycles. The number of rotatable bonds is 6. The van der Waals surface area contributed by atoms with E-state index in [0.29, 0.717) is 19.0 Å². The molecule has 1 aromatic carbocycles. The molecular weight excluding hydrogens is 455 g/mol. The van der Waals surface area contributed by atoms with Crippen molar-refractivity contribution in [2.75, 3.05) is 13.6 Å². The average Bonchev–Trinajstić information content (AvgIpc) is 3.07. The van der Waals surface area contributed by atoms with Gasteiger partial charge in [-0.05, 0) is 38.1 Å². The number of nitrogens with zero attached hydrogens (tertiary/aromatic N) is 4. The number of hydrogen-bond donors (Lipinski definition) is 2. The fourth-order valence-corrected chi connectivity index (χ4v) is 2.53. The highest BCUT2D eigenvalue weighted by Crippen LogP contribution is 2.12. The lowest BCUT2D eigenvalue weighted by Crippen LogP contribution is -2.41. The summed E-state index contributed by atoms with van der Waals surface area (Å²) in [6, 6.07) is 13.9. The van der Waals surface area contributed by atoms with Crippen LogP contribution in [0.3, 0.4) is 0 Å². The summed E-state index contributed by atoms with van der Waals surface area (Å²) >= 11 is 0. The van der Waals surface area contributed by atoms with Crippen LogP contribution in [0.2, 0.25) is 0 Å². The van der Waals surface area contributed by atoms with Crippen LogP contribution in [-0.4, -0.2) is 40.3 Å². The summed E-state index contributed by atoms with van der Waals surface area (Å²) in [5, 5.41) is 14.9. The molecule has 2 aromatic heterocycles. The number of halogens is 1. The molecule has 0 aliphatic carbocycles. The van der Waals surface area contributed by atoms with Gasteiger partial charge in [0.15, 0.2) is 17.4 Å². The van der Waals surface area contributed by atoms with Crippen LogP contribution in [0.1, 0.15) is 18.3 Å². The Hall–Kier alpha value is -2.36. The number of hydrogen-bond acceptors (Lipinski definition) is 4. The summed E-state index contributed by atoms with van der Waals surface area (Å²) in [7, 11) is 1.74. The van der Waals surface area contributed by atoms with Crippen molar-refractivity contribution in [2.24, 2.45) is 4.99 Å². The van der Waals surface area contributed by atoms with Crippen molar-refractivity contribution >= 4 is 35.6 Å². The highest BCUT2D eigenvalue weighted by atomic mass is 127. The molecule has 1 atom stereocenters. The number of aryl methyl sites for hydroxylation is 1. The van der Waals surface area contributed by atoms with Crippen molar-refractivity contribution in [3.05, 3.63) is 60.0 Å². The van der Waals surface area contributed by atoms with Crippen LogP contribution in [0.25, 0.3) is 5.65 Å². The van der Waals surface area contributed by atoms with Gasteiger partial charge in [0.1, 0.15) is 11.9 Å². The Balaban J connectivity index is 0.00000261. The van der Waals surface area contributed by atoms with E-state index < -0.39 is 0 Å². The third-order valence-electron chi connectivity index (χ3n) is 3.94. The van der Waals surface area contributed by atoms with Crippen molar-refractivity contribution in [1.82, 2.24) is 25.2 Å². The Bertz CT molecular complexity index is 877. The molecule has 144 valence electrons. The lowest BCUT2D eigenvalue weighted by Gasteiger charge is -2.17. The zero-order valence-electron chi connectivity index (χ0n) is 15.7. The summed E-state index contributed by atoms with van der Waals surface area (Å²) in [5.74, 6) is 2.38. The van der Waals surface area contributed by atoms with Crippen LogP contribution in [0.5, 0.6) is 5.75 Å². The molecule has 0 aliphatic heterocycles. The maximum atomic E-state index is 5.90. The molecule has 3 rings (SSSR count). The highest BCUT2D eigenvalue weighted by molar-refractivity contribution is 14.0. The topological polar surface area (TPSA) is 75.8 Å². The SMILES string of the molecule is CN=C(NCc1nnc2ccccn12)NCC(C)Oc1ccc(C)cc1.I. The summed E-state index contributed by atoms with van der Waals surface area (Å²) in [5.41, 5.74) is 2.04.